The first-order valence-electron chi connectivity index (χ1n) is 20.2. The summed E-state index contributed by atoms with van der Waals surface area (Å²) in [4.78, 5) is 2.41. The summed E-state index contributed by atoms with van der Waals surface area (Å²) in [6, 6.07) is 69.4. The average molecular weight is 728 g/mol. The molecule has 0 N–H and O–H groups in total. The lowest BCUT2D eigenvalue weighted by atomic mass is 9.86. The summed E-state index contributed by atoms with van der Waals surface area (Å²) >= 11 is 0. The van der Waals surface area contributed by atoms with E-state index >= 15 is 0 Å². The van der Waals surface area contributed by atoms with E-state index in [0.29, 0.717) is 5.92 Å². The van der Waals surface area contributed by atoms with Gasteiger partial charge >= 0.3 is 0 Å². The van der Waals surface area contributed by atoms with Crippen LogP contribution in [0.2, 0.25) is 0 Å². The molecule has 0 spiro atoms. The van der Waals surface area contributed by atoms with Gasteiger partial charge in [0.15, 0.2) is 0 Å². The molecule has 57 heavy (non-hydrogen) atoms. The van der Waals surface area contributed by atoms with Crippen LogP contribution in [0.1, 0.15) is 24.5 Å². The highest BCUT2D eigenvalue weighted by molar-refractivity contribution is 6.14. The zero-order valence-electron chi connectivity index (χ0n) is 32.0. The molecule has 0 saturated carbocycles. The largest absolute Gasteiger partial charge is 0.310 e. The van der Waals surface area contributed by atoms with Crippen LogP contribution in [0.3, 0.4) is 0 Å². The maximum atomic E-state index is 2.41. The van der Waals surface area contributed by atoms with E-state index in [-0.39, 0.29) is 0 Å². The predicted octanol–water partition coefficient (Wildman–Crippen LogP) is 15.5. The van der Waals surface area contributed by atoms with E-state index in [1.807, 2.05) is 0 Å². The van der Waals surface area contributed by atoms with E-state index in [1.54, 1.807) is 5.57 Å². The van der Waals surface area contributed by atoms with Crippen LogP contribution in [-0.2, 0) is 6.42 Å². The van der Waals surface area contributed by atoms with Gasteiger partial charge in [0.25, 0.3) is 0 Å². The molecular formula is C56H41N. The molecule has 0 radical (unpaired) electrons. The summed E-state index contributed by atoms with van der Waals surface area (Å²) in [7, 11) is 0. The number of hydrogen-bond acceptors (Lipinski definition) is 1. The van der Waals surface area contributed by atoms with Gasteiger partial charge in [-0.3, -0.25) is 0 Å². The Morgan fingerprint density at radius 1 is 0.439 bits per heavy atom. The van der Waals surface area contributed by atoms with E-state index in [0.717, 1.165) is 29.9 Å². The van der Waals surface area contributed by atoms with E-state index in [1.165, 1.54) is 82.4 Å². The Kier molecular flexibility index (Phi) is 8.00. The van der Waals surface area contributed by atoms with Crippen molar-refractivity contribution in [1.82, 2.24) is 0 Å². The maximum absolute atomic E-state index is 2.41. The Balaban J connectivity index is 1.00. The summed E-state index contributed by atoms with van der Waals surface area (Å²) in [6.45, 7) is 2.37. The smallest absolute Gasteiger partial charge is 0.0540 e. The standard InChI is InChI=1S/C56H41N/c1-37-13-10-17-42-36-54-51(24-12-25-52(54)56(37)42)48-21-7-6-18-45(48)39-27-31-43(32-28-39)57(55-26-11-16-38-14-2-5-20-47(38)55)44-33-29-40(30-34-44)53-35-41-15-3-4-19-46(41)49-22-8-9-23-50(49)53/h2-12,14-35,37H,13,36H2,1H3. The Labute approximate surface area is 334 Å². The Morgan fingerprint density at radius 3 is 1.77 bits per heavy atom. The average Bonchev–Trinajstić information content (AvgIpc) is 3.67. The lowest BCUT2D eigenvalue weighted by Gasteiger charge is -2.27. The van der Waals surface area contributed by atoms with Gasteiger partial charge in [-0.05, 0) is 138 Å². The topological polar surface area (TPSA) is 3.24 Å². The summed E-state index contributed by atoms with van der Waals surface area (Å²) in [5.41, 5.74) is 16.9. The lowest BCUT2D eigenvalue weighted by Crippen LogP contribution is -2.10. The molecule has 0 fully saturated rings. The zero-order valence-corrected chi connectivity index (χ0v) is 32.0. The van der Waals surface area contributed by atoms with Gasteiger partial charge in [0.05, 0.1) is 5.69 Å². The molecule has 1 atom stereocenters. The molecule has 0 aliphatic heterocycles. The second-order valence-electron chi connectivity index (χ2n) is 15.7. The van der Waals surface area contributed by atoms with Crippen LogP contribution in [-0.4, -0.2) is 0 Å². The molecule has 0 bridgehead atoms. The van der Waals surface area contributed by atoms with Crippen LogP contribution < -0.4 is 4.90 Å². The second kappa shape index (κ2) is 13.7. The van der Waals surface area contributed by atoms with Gasteiger partial charge in [0.1, 0.15) is 0 Å². The van der Waals surface area contributed by atoms with Gasteiger partial charge in [-0.1, -0.05) is 171 Å². The molecule has 270 valence electrons. The highest BCUT2D eigenvalue weighted by atomic mass is 15.1. The first-order chi connectivity index (χ1) is 28.2. The Bertz CT molecular complexity index is 3070. The fraction of sp³-hybridized carbons (Fsp3) is 0.0714. The van der Waals surface area contributed by atoms with E-state index in [9.17, 15) is 0 Å². The molecule has 1 unspecified atom stereocenters. The first kappa shape index (κ1) is 33.4. The van der Waals surface area contributed by atoms with Crippen molar-refractivity contribution in [2.45, 2.75) is 19.8 Å². The molecule has 11 rings (SSSR count). The summed E-state index contributed by atoms with van der Waals surface area (Å²) in [6.07, 6.45) is 6.84. The molecule has 1 nitrogen and oxygen atoms in total. The summed E-state index contributed by atoms with van der Waals surface area (Å²) in [5, 5.41) is 7.55. The Hall–Kier alpha value is -6.96. The van der Waals surface area contributed by atoms with Crippen LogP contribution in [0.15, 0.2) is 206 Å². The number of benzene rings is 9. The van der Waals surface area contributed by atoms with Crippen molar-refractivity contribution in [3.05, 3.63) is 217 Å². The van der Waals surface area contributed by atoms with E-state index in [2.05, 4.69) is 212 Å². The molecule has 0 heterocycles. The van der Waals surface area contributed by atoms with Crippen molar-refractivity contribution in [1.29, 1.82) is 0 Å². The number of rotatable bonds is 6. The van der Waals surface area contributed by atoms with Gasteiger partial charge in [0, 0.05) is 16.8 Å². The lowest BCUT2D eigenvalue weighted by molar-refractivity contribution is 0.755. The fourth-order valence-corrected chi connectivity index (χ4v) is 9.68. The number of nitrogens with zero attached hydrogens (tertiary/aromatic N) is 1. The Morgan fingerprint density at radius 2 is 1.00 bits per heavy atom. The van der Waals surface area contributed by atoms with Gasteiger partial charge in [0.2, 0.25) is 0 Å². The minimum absolute atomic E-state index is 0.559. The van der Waals surface area contributed by atoms with Gasteiger partial charge in [-0.25, -0.2) is 0 Å². The van der Waals surface area contributed by atoms with Crippen LogP contribution in [0, 0.1) is 5.92 Å². The zero-order chi connectivity index (χ0) is 37.9. The van der Waals surface area contributed by atoms with Crippen molar-refractivity contribution in [2.75, 3.05) is 4.90 Å². The summed E-state index contributed by atoms with van der Waals surface area (Å²) in [5.74, 6) is 0.559. The molecule has 0 amide bonds. The number of fused-ring (bicyclic) bond motifs is 6. The van der Waals surface area contributed by atoms with Gasteiger partial charge in [-0.2, -0.15) is 0 Å². The number of anilines is 3. The molecule has 0 aromatic heterocycles. The maximum Gasteiger partial charge on any atom is 0.0540 e. The highest BCUT2D eigenvalue weighted by Crippen LogP contribution is 2.47. The van der Waals surface area contributed by atoms with Crippen molar-refractivity contribution in [3.63, 3.8) is 0 Å². The third-order valence-corrected chi connectivity index (χ3v) is 12.3. The van der Waals surface area contributed by atoms with Crippen molar-refractivity contribution in [2.24, 2.45) is 5.92 Å². The minimum Gasteiger partial charge on any atom is -0.310 e. The third-order valence-electron chi connectivity index (χ3n) is 12.3. The fourth-order valence-electron chi connectivity index (χ4n) is 9.68. The molecule has 2 aliphatic carbocycles. The quantitative estimate of drug-likeness (QED) is 0.154. The van der Waals surface area contributed by atoms with Crippen molar-refractivity contribution < 1.29 is 0 Å². The van der Waals surface area contributed by atoms with E-state index < -0.39 is 0 Å². The molecular weight excluding hydrogens is 687 g/mol. The van der Waals surface area contributed by atoms with Gasteiger partial charge in [-0.15, -0.1) is 0 Å². The van der Waals surface area contributed by atoms with Crippen LogP contribution in [0.5, 0.6) is 0 Å². The SMILES string of the molecule is CC1CC=CC2=C1c1cccc(-c3ccccc3-c3ccc(N(c4ccc(-c5cc6ccccc6c6ccccc56)cc4)c4cccc5ccccc45)cc3)c1C2. The first-order valence-corrected chi connectivity index (χ1v) is 20.2. The second-order valence-corrected chi connectivity index (χ2v) is 15.7. The van der Waals surface area contributed by atoms with Crippen LogP contribution in [0.4, 0.5) is 17.1 Å². The van der Waals surface area contributed by atoms with Crippen LogP contribution in [0.25, 0.3) is 71.3 Å². The molecule has 2 aliphatic rings. The van der Waals surface area contributed by atoms with Crippen molar-refractivity contribution >= 4 is 55.0 Å². The monoisotopic (exact) mass is 727 g/mol. The summed E-state index contributed by atoms with van der Waals surface area (Å²) < 4.78 is 0. The van der Waals surface area contributed by atoms with E-state index in [4.69, 9.17) is 0 Å². The van der Waals surface area contributed by atoms with Gasteiger partial charge < -0.3 is 4.90 Å². The number of hydrogen-bond donors (Lipinski definition) is 0. The number of allylic oxidation sites excluding steroid dienone is 4. The normalized spacial score (nSPS) is 14.6. The molecule has 9 aromatic rings. The minimum atomic E-state index is 0.559. The molecule has 9 aromatic carbocycles. The predicted molar refractivity (Wildman–Crippen MR) is 243 cm³/mol. The highest BCUT2D eigenvalue weighted by Gasteiger charge is 2.28. The molecule has 1 heteroatoms. The van der Waals surface area contributed by atoms with Crippen molar-refractivity contribution in [3.8, 4) is 33.4 Å². The third kappa shape index (κ3) is 5.61. The molecule has 0 saturated heterocycles. The van der Waals surface area contributed by atoms with Crippen LogP contribution >= 0.6 is 0 Å².